The van der Waals surface area contributed by atoms with Gasteiger partial charge in [0.1, 0.15) is 6.23 Å². The first-order valence-electron chi connectivity index (χ1n) is 18.6. The number of nitrogens with zero attached hydrogens (tertiary/aromatic N) is 1. The first-order chi connectivity index (χ1) is 19.3. The zero-order valence-electron chi connectivity index (χ0n) is 25.8. The molecule has 0 amide bonds. The lowest BCUT2D eigenvalue weighted by atomic mass is 9.50. The summed E-state index contributed by atoms with van der Waals surface area (Å²) in [6, 6.07) is 1.64. The summed E-state index contributed by atoms with van der Waals surface area (Å²) in [4.78, 5) is 3.19. The molecule has 8 unspecified atom stereocenters. The van der Waals surface area contributed by atoms with Gasteiger partial charge >= 0.3 is 0 Å². The fourth-order valence-corrected chi connectivity index (χ4v) is 12.5. The van der Waals surface area contributed by atoms with Crippen LogP contribution < -0.4 is 0 Å². The van der Waals surface area contributed by atoms with Crippen molar-refractivity contribution >= 4 is 0 Å². The molecular weight excluding hydrogens is 474 g/mol. The molecule has 0 radical (unpaired) electrons. The van der Waals surface area contributed by atoms with E-state index in [-0.39, 0.29) is 0 Å². The van der Waals surface area contributed by atoms with Crippen LogP contribution in [-0.2, 0) is 4.74 Å². The number of hydrogen-bond acceptors (Lipinski definition) is 2. The largest absolute Gasteiger partial charge is 0.363 e. The zero-order chi connectivity index (χ0) is 26.2. The molecule has 7 aliphatic rings. The van der Waals surface area contributed by atoms with Crippen molar-refractivity contribution in [1.82, 2.24) is 4.90 Å². The molecule has 8 atom stereocenters. The molecule has 0 N–H and O–H groups in total. The molecule has 1 aliphatic heterocycles. The van der Waals surface area contributed by atoms with Crippen LogP contribution in [0.3, 0.4) is 0 Å². The average Bonchev–Trinajstić information content (AvgIpc) is 3.27. The average molecular weight is 538 g/mol. The molecule has 0 bridgehead atoms. The van der Waals surface area contributed by atoms with Gasteiger partial charge < -0.3 is 4.74 Å². The number of rotatable bonds is 4. The molecular formula is C37H63NO. The van der Waals surface area contributed by atoms with Crippen LogP contribution in [0.15, 0.2) is 0 Å². The fourth-order valence-electron chi connectivity index (χ4n) is 12.5. The molecule has 7 fully saturated rings. The van der Waals surface area contributed by atoms with Crippen molar-refractivity contribution in [3.05, 3.63) is 0 Å². The van der Waals surface area contributed by atoms with E-state index in [9.17, 15) is 0 Å². The van der Waals surface area contributed by atoms with Gasteiger partial charge in [-0.2, -0.15) is 0 Å². The molecule has 6 saturated carbocycles. The van der Waals surface area contributed by atoms with Crippen LogP contribution in [-0.4, -0.2) is 29.8 Å². The van der Waals surface area contributed by atoms with E-state index in [1.54, 1.807) is 38.5 Å². The minimum atomic E-state index is 0.430. The highest BCUT2D eigenvalue weighted by molar-refractivity contribution is 5.04. The van der Waals surface area contributed by atoms with Crippen molar-refractivity contribution in [3.63, 3.8) is 0 Å². The first kappa shape index (κ1) is 27.7. The van der Waals surface area contributed by atoms with Gasteiger partial charge in [0, 0.05) is 18.7 Å². The summed E-state index contributed by atoms with van der Waals surface area (Å²) in [6.07, 6.45) is 34.9. The van der Waals surface area contributed by atoms with E-state index in [0.717, 1.165) is 72.0 Å². The lowest BCUT2D eigenvalue weighted by Gasteiger charge is -2.60. The summed E-state index contributed by atoms with van der Waals surface area (Å²) in [5.41, 5.74) is 0. The Morgan fingerprint density at radius 3 is 1.87 bits per heavy atom. The van der Waals surface area contributed by atoms with Gasteiger partial charge in [0.25, 0.3) is 0 Å². The first-order valence-corrected chi connectivity index (χ1v) is 18.6. The second-order valence-corrected chi connectivity index (χ2v) is 16.2. The van der Waals surface area contributed by atoms with Gasteiger partial charge in [0.2, 0.25) is 0 Å². The third kappa shape index (κ3) is 5.79. The Labute approximate surface area is 242 Å². The molecule has 2 heteroatoms. The molecule has 0 aromatic heterocycles. The molecule has 6 aliphatic carbocycles. The normalized spacial score (nSPS) is 49.4. The topological polar surface area (TPSA) is 12.5 Å². The predicted octanol–water partition coefficient (Wildman–Crippen LogP) is 10.0. The maximum absolute atomic E-state index is 6.87. The van der Waals surface area contributed by atoms with E-state index in [4.69, 9.17) is 4.74 Å². The minimum absolute atomic E-state index is 0.430. The quantitative estimate of drug-likeness (QED) is 0.354. The van der Waals surface area contributed by atoms with Crippen LogP contribution >= 0.6 is 0 Å². The number of hydrogen-bond donors (Lipinski definition) is 0. The zero-order valence-corrected chi connectivity index (χ0v) is 25.8. The van der Waals surface area contributed by atoms with Crippen molar-refractivity contribution < 1.29 is 4.74 Å². The van der Waals surface area contributed by atoms with E-state index in [1.807, 2.05) is 0 Å². The summed E-state index contributed by atoms with van der Waals surface area (Å²) in [5.74, 6) is 9.36. The molecule has 222 valence electrons. The van der Waals surface area contributed by atoms with E-state index in [0.29, 0.717) is 6.23 Å². The van der Waals surface area contributed by atoms with Crippen molar-refractivity contribution in [2.24, 2.45) is 53.3 Å². The van der Waals surface area contributed by atoms with Crippen LogP contribution in [0, 0.1) is 53.3 Å². The van der Waals surface area contributed by atoms with Gasteiger partial charge in [-0.1, -0.05) is 58.3 Å². The van der Waals surface area contributed by atoms with Crippen LogP contribution in [0.1, 0.15) is 155 Å². The van der Waals surface area contributed by atoms with Gasteiger partial charge in [-0.05, 0) is 150 Å². The summed E-state index contributed by atoms with van der Waals surface area (Å²) in [6.45, 7) is 3.52. The molecule has 2 nitrogen and oxygen atoms in total. The van der Waals surface area contributed by atoms with Crippen molar-refractivity contribution in [3.8, 4) is 0 Å². The Hall–Kier alpha value is -0.0800. The van der Waals surface area contributed by atoms with Gasteiger partial charge in [-0.15, -0.1) is 0 Å². The summed E-state index contributed by atoms with van der Waals surface area (Å²) >= 11 is 0. The van der Waals surface area contributed by atoms with Gasteiger partial charge in [-0.25, -0.2) is 0 Å². The predicted molar refractivity (Wildman–Crippen MR) is 162 cm³/mol. The highest BCUT2D eigenvalue weighted by atomic mass is 16.5. The van der Waals surface area contributed by atoms with Gasteiger partial charge in [-0.3, -0.25) is 4.90 Å². The smallest absolute Gasteiger partial charge is 0.111 e. The van der Waals surface area contributed by atoms with E-state index < -0.39 is 0 Å². The Morgan fingerprint density at radius 2 is 1.08 bits per heavy atom. The van der Waals surface area contributed by atoms with E-state index in [2.05, 4.69) is 11.8 Å². The molecule has 0 spiro atoms. The Bertz CT molecular complexity index is 757. The maximum atomic E-state index is 6.87. The Morgan fingerprint density at radius 1 is 0.462 bits per heavy atom. The maximum Gasteiger partial charge on any atom is 0.111 e. The molecule has 39 heavy (non-hydrogen) atoms. The standard InChI is InChI=1S/C37H63NO/c1-26-14-16-27(17-15-26)28-18-21-30(22-19-28)38(37-13-3-2-8-24-39-37)36-25-35-31-10-5-4-9-29(31)20-23-33(35)32-11-6-7-12-34(32)36/h26-37H,2-25H2,1H3. The second-order valence-electron chi connectivity index (χ2n) is 16.2. The lowest BCUT2D eigenvalue weighted by Crippen LogP contribution is -2.60. The van der Waals surface area contributed by atoms with Crippen molar-refractivity contribution in [2.45, 2.75) is 173 Å². The summed E-state index contributed by atoms with van der Waals surface area (Å²) < 4.78 is 6.87. The van der Waals surface area contributed by atoms with Crippen molar-refractivity contribution in [2.75, 3.05) is 6.61 Å². The van der Waals surface area contributed by atoms with Crippen LogP contribution in [0.5, 0.6) is 0 Å². The van der Waals surface area contributed by atoms with Crippen molar-refractivity contribution in [1.29, 1.82) is 0 Å². The fraction of sp³-hybridized carbons (Fsp3) is 1.00. The summed E-state index contributed by atoms with van der Waals surface area (Å²) in [7, 11) is 0. The molecule has 1 heterocycles. The lowest BCUT2D eigenvalue weighted by molar-refractivity contribution is -0.159. The monoisotopic (exact) mass is 537 g/mol. The third-order valence-corrected chi connectivity index (χ3v) is 14.4. The van der Waals surface area contributed by atoms with E-state index in [1.165, 1.54) is 109 Å². The van der Waals surface area contributed by atoms with Crippen LogP contribution in [0.4, 0.5) is 0 Å². The van der Waals surface area contributed by atoms with E-state index >= 15 is 0 Å². The number of fused-ring (bicyclic) bond motifs is 5. The molecule has 1 saturated heterocycles. The minimum Gasteiger partial charge on any atom is -0.363 e. The van der Waals surface area contributed by atoms with Crippen LogP contribution in [0.25, 0.3) is 0 Å². The highest BCUT2D eigenvalue weighted by Crippen LogP contribution is 2.58. The van der Waals surface area contributed by atoms with Gasteiger partial charge in [0.05, 0.1) is 0 Å². The summed E-state index contributed by atoms with van der Waals surface area (Å²) in [5, 5.41) is 0. The van der Waals surface area contributed by atoms with Crippen LogP contribution in [0.2, 0.25) is 0 Å². The second kappa shape index (κ2) is 12.7. The van der Waals surface area contributed by atoms with Gasteiger partial charge in [0.15, 0.2) is 0 Å². The SMILES string of the molecule is CC1CCC(C2CCC(N(C3CCCCCO3)C3CC4C5CCCCC5CCC4C4CCCCC43)CC2)CC1. The third-order valence-electron chi connectivity index (χ3n) is 14.4. The Kier molecular flexibility index (Phi) is 9.00. The Balaban J connectivity index is 1.13. The highest BCUT2D eigenvalue weighted by Gasteiger charge is 2.54. The molecule has 0 aromatic carbocycles. The number of ether oxygens (including phenoxy) is 1. The molecule has 0 aromatic rings. The molecule has 7 rings (SSSR count).